The first-order valence-electron chi connectivity index (χ1n) is 6.61. The van der Waals surface area contributed by atoms with Crippen molar-refractivity contribution < 1.29 is 13.2 Å². The van der Waals surface area contributed by atoms with Crippen LogP contribution < -0.4 is 10.5 Å². The Labute approximate surface area is 140 Å². The fourth-order valence-electron chi connectivity index (χ4n) is 2.27. The van der Waals surface area contributed by atoms with Crippen molar-refractivity contribution in [3.05, 3.63) is 22.7 Å². The normalized spacial score (nSPS) is 19.3. The number of halogens is 2. The van der Waals surface area contributed by atoms with Crippen LogP contribution in [-0.4, -0.2) is 39.0 Å². The van der Waals surface area contributed by atoms with E-state index in [9.17, 15) is 8.42 Å². The summed E-state index contributed by atoms with van der Waals surface area (Å²) in [4.78, 5) is 0.283. The van der Waals surface area contributed by atoms with Gasteiger partial charge in [0.2, 0.25) is 10.0 Å². The number of nitrogens with two attached hydrogens (primary N) is 1. The Morgan fingerprint density at radius 3 is 2.71 bits per heavy atom. The zero-order valence-corrected chi connectivity index (χ0v) is 15.0. The lowest BCUT2D eigenvalue weighted by Gasteiger charge is -2.17. The van der Waals surface area contributed by atoms with Gasteiger partial charge in [0.05, 0.1) is 16.0 Å². The molecule has 0 bridgehead atoms. The Kier molecular flexibility index (Phi) is 6.93. The molecule has 1 saturated heterocycles. The second kappa shape index (κ2) is 7.78. The third kappa shape index (κ3) is 4.10. The summed E-state index contributed by atoms with van der Waals surface area (Å²) in [7, 11) is -3.44. The van der Waals surface area contributed by atoms with Crippen molar-refractivity contribution in [2.24, 2.45) is 11.7 Å². The van der Waals surface area contributed by atoms with Crippen LogP contribution in [0.3, 0.4) is 0 Å². The van der Waals surface area contributed by atoms with Gasteiger partial charge >= 0.3 is 0 Å². The zero-order valence-electron chi connectivity index (χ0n) is 11.8. The minimum Gasteiger partial charge on any atom is -0.493 e. The Bertz CT molecular complexity index is 583. The van der Waals surface area contributed by atoms with Gasteiger partial charge in [-0.1, -0.05) is 0 Å². The summed E-state index contributed by atoms with van der Waals surface area (Å²) in [5.41, 5.74) is 5.61. The molecule has 120 valence electrons. The highest BCUT2D eigenvalue weighted by molar-refractivity contribution is 9.10. The second-order valence-corrected chi connectivity index (χ2v) is 7.57. The summed E-state index contributed by atoms with van der Waals surface area (Å²) in [6.45, 7) is 3.99. The fourth-order valence-corrected chi connectivity index (χ4v) is 4.47. The topological polar surface area (TPSA) is 72.6 Å². The lowest BCUT2D eigenvalue weighted by atomic mass is 10.1. The molecule has 0 amide bonds. The Morgan fingerprint density at radius 2 is 2.19 bits per heavy atom. The van der Waals surface area contributed by atoms with Gasteiger partial charge in [0.25, 0.3) is 0 Å². The van der Waals surface area contributed by atoms with E-state index in [1.165, 1.54) is 4.31 Å². The number of rotatable bonds is 5. The van der Waals surface area contributed by atoms with Crippen LogP contribution in [0.25, 0.3) is 0 Å². The lowest BCUT2D eigenvalue weighted by Crippen LogP contribution is -2.30. The molecule has 1 fully saturated rings. The predicted molar refractivity (Wildman–Crippen MR) is 88.5 cm³/mol. The molecule has 1 aromatic carbocycles. The maximum absolute atomic E-state index is 12.5. The van der Waals surface area contributed by atoms with Gasteiger partial charge in [-0.05, 0) is 59.9 Å². The molecular weight excluding hydrogens is 380 g/mol. The number of nitrogens with zero attached hydrogens (tertiary/aromatic N) is 1. The molecule has 2 rings (SSSR count). The molecule has 1 atom stereocenters. The van der Waals surface area contributed by atoms with E-state index in [1.807, 2.05) is 6.92 Å². The van der Waals surface area contributed by atoms with Crippen LogP contribution in [0.4, 0.5) is 0 Å². The molecular formula is C13H20BrClN2O3S. The molecule has 8 heteroatoms. The van der Waals surface area contributed by atoms with Gasteiger partial charge in [0.15, 0.2) is 0 Å². The van der Waals surface area contributed by atoms with Crippen molar-refractivity contribution in [1.29, 1.82) is 0 Å². The second-order valence-electron chi connectivity index (χ2n) is 4.78. The van der Waals surface area contributed by atoms with Crippen molar-refractivity contribution >= 4 is 38.4 Å². The van der Waals surface area contributed by atoms with E-state index in [0.717, 1.165) is 6.42 Å². The first kappa shape index (κ1) is 18.7. The summed E-state index contributed by atoms with van der Waals surface area (Å²) in [6, 6.07) is 4.86. The summed E-state index contributed by atoms with van der Waals surface area (Å²) < 4.78 is 32.6. The largest absolute Gasteiger partial charge is 0.493 e. The Balaban J connectivity index is 0.00000220. The van der Waals surface area contributed by atoms with Crippen LogP contribution in [0.2, 0.25) is 0 Å². The monoisotopic (exact) mass is 398 g/mol. The first-order valence-corrected chi connectivity index (χ1v) is 8.85. The quantitative estimate of drug-likeness (QED) is 0.824. The molecule has 21 heavy (non-hydrogen) atoms. The summed E-state index contributed by atoms with van der Waals surface area (Å²) in [5.74, 6) is 0.906. The van der Waals surface area contributed by atoms with Crippen molar-refractivity contribution in [1.82, 2.24) is 4.31 Å². The van der Waals surface area contributed by atoms with Crippen LogP contribution >= 0.6 is 28.3 Å². The first-order chi connectivity index (χ1) is 9.48. The Morgan fingerprint density at radius 1 is 1.48 bits per heavy atom. The summed E-state index contributed by atoms with van der Waals surface area (Å²) in [5, 5.41) is 0. The smallest absolute Gasteiger partial charge is 0.243 e. The van der Waals surface area contributed by atoms with E-state index in [-0.39, 0.29) is 23.2 Å². The van der Waals surface area contributed by atoms with E-state index < -0.39 is 10.0 Å². The fraction of sp³-hybridized carbons (Fsp3) is 0.538. The van der Waals surface area contributed by atoms with Gasteiger partial charge in [0.1, 0.15) is 5.75 Å². The van der Waals surface area contributed by atoms with Gasteiger partial charge in [-0.2, -0.15) is 4.31 Å². The zero-order chi connectivity index (χ0) is 14.8. The molecule has 0 saturated carbocycles. The highest BCUT2D eigenvalue weighted by Crippen LogP contribution is 2.30. The number of hydrogen-bond acceptors (Lipinski definition) is 4. The maximum atomic E-state index is 12.5. The van der Waals surface area contributed by atoms with Crippen molar-refractivity contribution in [3.8, 4) is 5.75 Å². The number of sulfonamides is 1. The van der Waals surface area contributed by atoms with Crippen molar-refractivity contribution in [3.63, 3.8) is 0 Å². The molecule has 1 heterocycles. The minimum absolute atomic E-state index is 0. The third-order valence-corrected chi connectivity index (χ3v) is 5.90. The molecule has 1 aromatic rings. The SMILES string of the molecule is CCOc1ccc(S(=O)(=O)N2CCC(CN)C2)cc1Br.Cl. The van der Waals surface area contributed by atoms with E-state index >= 15 is 0 Å². The number of hydrogen-bond donors (Lipinski definition) is 1. The van der Waals surface area contributed by atoms with Crippen molar-refractivity contribution in [2.75, 3.05) is 26.2 Å². The van der Waals surface area contributed by atoms with E-state index in [1.54, 1.807) is 18.2 Å². The highest BCUT2D eigenvalue weighted by Gasteiger charge is 2.32. The third-order valence-electron chi connectivity index (χ3n) is 3.42. The van der Waals surface area contributed by atoms with Crippen LogP contribution in [0.5, 0.6) is 5.75 Å². The number of ether oxygens (including phenoxy) is 1. The average Bonchev–Trinajstić information content (AvgIpc) is 2.90. The predicted octanol–water partition coefficient (Wildman–Crippen LogP) is 2.24. The average molecular weight is 400 g/mol. The van der Waals surface area contributed by atoms with Gasteiger partial charge in [-0.25, -0.2) is 8.42 Å². The van der Waals surface area contributed by atoms with Crippen LogP contribution in [-0.2, 0) is 10.0 Å². The molecule has 5 nitrogen and oxygen atoms in total. The molecule has 1 aliphatic rings. The van der Waals surface area contributed by atoms with Crippen molar-refractivity contribution in [2.45, 2.75) is 18.2 Å². The van der Waals surface area contributed by atoms with Gasteiger partial charge in [-0.3, -0.25) is 0 Å². The van der Waals surface area contributed by atoms with E-state index in [0.29, 0.717) is 36.5 Å². The molecule has 2 N–H and O–H groups in total. The Hall–Kier alpha value is -0.340. The molecule has 0 radical (unpaired) electrons. The summed E-state index contributed by atoms with van der Waals surface area (Å²) >= 11 is 3.35. The standard InChI is InChI=1S/C13H19BrN2O3S.ClH/c1-2-19-13-4-3-11(7-12(13)14)20(17,18)16-6-5-10(8-15)9-16;/h3-4,7,10H,2,5-6,8-9,15H2,1H3;1H. The molecule has 0 aromatic heterocycles. The highest BCUT2D eigenvalue weighted by atomic mass is 79.9. The van der Waals surface area contributed by atoms with E-state index in [4.69, 9.17) is 10.5 Å². The van der Waals surface area contributed by atoms with Gasteiger partial charge < -0.3 is 10.5 Å². The van der Waals surface area contributed by atoms with E-state index in [2.05, 4.69) is 15.9 Å². The van der Waals surface area contributed by atoms with Crippen LogP contribution in [0.15, 0.2) is 27.6 Å². The molecule has 1 aliphatic heterocycles. The maximum Gasteiger partial charge on any atom is 0.243 e. The van der Waals surface area contributed by atoms with Crippen LogP contribution in [0.1, 0.15) is 13.3 Å². The van der Waals surface area contributed by atoms with Gasteiger partial charge in [-0.15, -0.1) is 12.4 Å². The number of benzene rings is 1. The van der Waals surface area contributed by atoms with Gasteiger partial charge in [0, 0.05) is 13.1 Å². The molecule has 0 aliphatic carbocycles. The molecule has 0 spiro atoms. The van der Waals surface area contributed by atoms with Crippen LogP contribution in [0, 0.1) is 5.92 Å². The summed E-state index contributed by atoms with van der Waals surface area (Å²) in [6.07, 6.45) is 0.827. The lowest BCUT2D eigenvalue weighted by molar-refractivity contribution is 0.338. The minimum atomic E-state index is -3.44. The molecule has 1 unspecified atom stereocenters.